The zero-order valence-corrected chi connectivity index (χ0v) is 22.6. The molecule has 2 aromatic heterocycles. The molecule has 0 bridgehead atoms. The smallest absolute Gasteiger partial charge is 0.231 e. The number of allylic oxidation sites excluding steroid dienone is 2. The van der Waals surface area contributed by atoms with Gasteiger partial charge in [-0.2, -0.15) is 0 Å². The first kappa shape index (κ1) is 27.5. The van der Waals surface area contributed by atoms with Gasteiger partial charge in [0.1, 0.15) is 11.9 Å². The molecule has 2 aliphatic rings. The third kappa shape index (κ3) is 6.91. The number of hydrogen-bond donors (Lipinski definition) is 3. The number of likely N-dealkylation sites (tertiary alicyclic amines) is 1. The van der Waals surface area contributed by atoms with Gasteiger partial charge in [0, 0.05) is 37.0 Å². The van der Waals surface area contributed by atoms with E-state index in [0.29, 0.717) is 23.7 Å². The minimum atomic E-state index is -0.500. The quantitative estimate of drug-likeness (QED) is 0.235. The second kappa shape index (κ2) is 12.8. The number of aromatic nitrogens is 2. The molecule has 0 saturated carbocycles. The molecule has 8 nitrogen and oxygen atoms in total. The fourth-order valence-electron chi connectivity index (χ4n) is 5.07. The Hall–Kier alpha value is -4.08. The van der Waals surface area contributed by atoms with Crippen molar-refractivity contribution in [2.75, 3.05) is 23.8 Å². The summed E-state index contributed by atoms with van der Waals surface area (Å²) in [6.45, 7) is 4.98. The lowest BCUT2D eigenvalue weighted by Gasteiger charge is -2.26. The highest BCUT2D eigenvalue weighted by atomic mass is 19.1. The van der Waals surface area contributed by atoms with Crippen molar-refractivity contribution in [1.29, 1.82) is 0 Å². The third-order valence-corrected chi connectivity index (χ3v) is 7.34. The third-order valence-electron chi connectivity index (χ3n) is 7.34. The highest BCUT2D eigenvalue weighted by molar-refractivity contribution is 5.96. The van der Waals surface area contributed by atoms with Gasteiger partial charge in [-0.1, -0.05) is 12.5 Å². The Balaban J connectivity index is 1.26. The van der Waals surface area contributed by atoms with E-state index in [4.69, 9.17) is 10.6 Å². The highest BCUT2D eigenvalue weighted by Gasteiger charge is 2.20. The number of amides is 1. The molecular formula is C31H35FN6O2. The number of carbonyl (C=O) groups excluding carboxylic acids is 1. The van der Waals surface area contributed by atoms with E-state index in [0.717, 1.165) is 36.3 Å². The average Bonchev–Trinajstić information content (AvgIpc) is 2.99. The monoisotopic (exact) mass is 542 g/mol. The van der Waals surface area contributed by atoms with Crippen molar-refractivity contribution in [3.63, 3.8) is 0 Å². The molecule has 2 atom stereocenters. The maximum Gasteiger partial charge on any atom is 0.231 e. The topological polar surface area (TPSA) is 105 Å². The molecule has 40 heavy (non-hydrogen) atoms. The number of halogens is 1. The van der Waals surface area contributed by atoms with Gasteiger partial charge in [-0.3, -0.25) is 20.5 Å². The number of nitrogens with one attached hydrogen (secondary N) is 2. The van der Waals surface area contributed by atoms with Crippen molar-refractivity contribution in [1.82, 2.24) is 14.9 Å². The van der Waals surface area contributed by atoms with Gasteiger partial charge in [0.2, 0.25) is 11.8 Å². The van der Waals surface area contributed by atoms with E-state index >= 15 is 0 Å². The summed E-state index contributed by atoms with van der Waals surface area (Å²) in [5, 5.41) is 2.93. The van der Waals surface area contributed by atoms with E-state index in [-0.39, 0.29) is 17.8 Å². The van der Waals surface area contributed by atoms with Crippen LogP contribution < -0.4 is 21.3 Å². The minimum Gasteiger partial charge on any atom is -0.470 e. The summed E-state index contributed by atoms with van der Waals surface area (Å²) in [7, 11) is 0. The largest absolute Gasteiger partial charge is 0.470 e. The summed E-state index contributed by atoms with van der Waals surface area (Å²) in [5.41, 5.74) is 7.86. The summed E-state index contributed by atoms with van der Waals surface area (Å²) < 4.78 is 18.9. The van der Waals surface area contributed by atoms with Gasteiger partial charge < -0.3 is 15.5 Å². The Morgan fingerprint density at radius 3 is 2.70 bits per heavy atom. The molecule has 5 rings (SSSR count). The number of nitrogens with zero attached hydrogens (tertiary/aromatic N) is 3. The summed E-state index contributed by atoms with van der Waals surface area (Å²) in [5.74, 6) is 5.24. The number of nitrogens with two attached hydrogens (primary N) is 1. The molecular weight excluding hydrogens is 507 g/mol. The van der Waals surface area contributed by atoms with Gasteiger partial charge in [0.25, 0.3) is 0 Å². The minimum absolute atomic E-state index is 0.197. The van der Waals surface area contributed by atoms with Gasteiger partial charge in [0.05, 0.1) is 23.5 Å². The number of piperidine rings is 1. The van der Waals surface area contributed by atoms with E-state index in [1.807, 2.05) is 37.5 Å². The second-order valence-electron chi connectivity index (χ2n) is 10.3. The average molecular weight is 543 g/mol. The number of hydrogen-bond acceptors (Lipinski definition) is 7. The molecule has 1 aromatic carbocycles. The normalized spacial score (nSPS) is 18.1. The van der Waals surface area contributed by atoms with Crippen LogP contribution in [0.3, 0.4) is 0 Å². The molecule has 1 amide bonds. The number of nitrogen functional groups attached to an aromatic ring is 1. The highest BCUT2D eigenvalue weighted by Crippen LogP contribution is 2.31. The van der Waals surface area contributed by atoms with Crippen LogP contribution in [0.5, 0.6) is 5.88 Å². The van der Waals surface area contributed by atoms with E-state index in [1.165, 1.54) is 37.0 Å². The van der Waals surface area contributed by atoms with Crippen LogP contribution in [0.4, 0.5) is 15.8 Å². The molecule has 0 radical (unpaired) electrons. The van der Waals surface area contributed by atoms with Crippen molar-refractivity contribution in [2.45, 2.75) is 51.2 Å². The van der Waals surface area contributed by atoms with Crippen LogP contribution in [0.15, 0.2) is 79.0 Å². The Bertz CT molecular complexity index is 1380. The zero-order chi connectivity index (χ0) is 27.9. The lowest BCUT2D eigenvalue weighted by molar-refractivity contribution is -0.117. The number of ether oxygens (including phenoxy) is 1. The first-order valence-corrected chi connectivity index (χ1v) is 13.7. The van der Waals surface area contributed by atoms with Gasteiger partial charge in [-0.05, 0) is 92.0 Å². The van der Waals surface area contributed by atoms with Crippen LogP contribution in [0.1, 0.15) is 49.7 Å². The first-order chi connectivity index (χ1) is 19.5. The summed E-state index contributed by atoms with van der Waals surface area (Å²) in [6.07, 6.45) is 13.8. The maximum atomic E-state index is 13.2. The molecule has 208 valence electrons. The second-order valence-corrected chi connectivity index (χ2v) is 10.3. The van der Waals surface area contributed by atoms with Crippen LogP contribution in [0, 0.1) is 0 Å². The first-order valence-electron chi connectivity index (χ1n) is 13.7. The van der Waals surface area contributed by atoms with Crippen LogP contribution in [-0.2, 0) is 11.3 Å². The zero-order valence-electron chi connectivity index (χ0n) is 22.6. The van der Waals surface area contributed by atoms with Crippen molar-refractivity contribution >= 4 is 17.3 Å². The summed E-state index contributed by atoms with van der Waals surface area (Å²) in [6, 6.07) is 11.4. The van der Waals surface area contributed by atoms with Crippen molar-refractivity contribution < 1.29 is 13.9 Å². The molecule has 9 heteroatoms. The summed E-state index contributed by atoms with van der Waals surface area (Å²) in [4.78, 5) is 24.5. The summed E-state index contributed by atoms with van der Waals surface area (Å²) >= 11 is 0. The van der Waals surface area contributed by atoms with Crippen LogP contribution in [0.25, 0.3) is 11.1 Å². The molecule has 1 saturated heterocycles. The maximum absolute atomic E-state index is 13.2. The van der Waals surface area contributed by atoms with Crippen molar-refractivity contribution in [3.05, 3.63) is 90.2 Å². The predicted octanol–water partition coefficient (Wildman–Crippen LogP) is 5.72. The van der Waals surface area contributed by atoms with Crippen molar-refractivity contribution in [2.24, 2.45) is 5.84 Å². The van der Waals surface area contributed by atoms with Gasteiger partial charge in [-0.25, -0.2) is 9.37 Å². The van der Waals surface area contributed by atoms with Gasteiger partial charge in [0.15, 0.2) is 0 Å². The van der Waals surface area contributed by atoms with Crippen LogP contribution in [-0.4, -0.2) is 40.0 Å². The molecule has 1 fully saturated rings. The number of hydrazine groups is 1. The Morgan fingerprint density at radius 2 is 1.98 bits per heavy atom. The van der Waals surface area contributed by atoms with E-state index in [1.54, 1.807) is 24.4 Å². The number of rotatable bonds is 9. The van der Waals surface area contributed by atoms with Gasteiger partial charge >= 0.3 is 0 Å². The fraction of sp³-hybridized carbons (Fsp3) is 0.323. The molecule has 1 aliphatic heterocycles. The number of benzene rings is 1. The van der Waals surface area contributed by atoms with Gasteiger partial charge in [-0.15, -0.1) is 0 Å². The molecule has 2 unspecified atom stereocenters. The van der Waals surface area contributed by atoms with E-state index < -0.39 is 5.92 Å². The molecule has 3 aromatic rings. The van der Waals surface area contributed by atoms with E-state index in [9.17, 15) is 9.18 Å². The number of anilines is 2. The Morgan fingerprint density at radius 1 is 1.12 bits per heavy atom. The molecule has 1 aliphatic carbocycles. The number of carbonyl (C=O) groups is 1. The van der Waals surface area contributed by atoms with E-state index in [2.05, 4.69) is 31.7 Å². The number of pyridine rings is 2. The van der Waals surface area contributed by atoms with Crippen LogP contribution in [0.2, 0.25) is 0 Å². The Labute approximate surface area is 234 Å². The fourth-order valence-corrected chi connectivity index (χ4v) is 5.07. The van der Waals surface area contributed by atoms with Crippen molar-refractivity contribution in [3.8, 4) is 17.0 Å². The lowest BCUT2D eigenvalue weighted by atomic mass is 9.94. The Kier molecular flexibility index (Phi) is 8.83. The predicted molar refractivity (Wildman–Crippen MR) is 155 cm³/mol. The molecule has 4 N–H and O–H groups in total. The standard InChI is InChI=1S/C31H35FN6O2/c1-21(31(39)36-26-8-12-30(35-19-26)40-27-9-6-25(32)7-10-27)28-16-23(5-11-29(28)37-33)24-15-22(17-34-18-24)20-38-13-3-2-4-14-38/h5-9,11-12,15-19,21,27,37H,2-4,10,13-14,20,33H2,1H3,(H,36,39). The lowest BCUT2D eigenvalue weighted by Crippen LogP contribution is -2.29. The van der Waals surface area contributed by atoms with Crippen LogP contribution >= 0.6 is 0 Å². The molecule has 3 heterocycles. The SMILES string of the molecule is CC(C(=O)Nc1ccc(OC2C=CC(F)=CC2)nc1)c1cc(-c2cncc(CN3CCCCC3)c2)ccc1NN. The molecule has 0 spiro atoms.